The number of rotatable bonds is 5. The third-order valence-electron chi connectivity index (χ3n) is 4.09. The molecule has 2 aliphatic rings. The van der Waals surface area contributed by atoms with E-state index in [1.165, 1.54) is 37.9 Å². The minimum Gasteiger partial charge on any atom is -0.495 e. The van der Waals surface area contributed by atoms with Crippen molar-refractivity contribution in [3.05, 3.63) is 28.8 Å². The third kappa shape index (κ3) is 3.22. The molecule has 0 aromatic heterocycles. The summed E-state index contributed by atoms with van der Waals surface area (Å²) < 4.78 is 5.17. The predicted octanol–water partition coefficient (Wildman–Crippen LogP) is 2.67. The first-order valence-electron chi connectivity index (χ1n) is 7.06. The average molecular weight is 281 g/mol. The summed E-state index contributed by atoms with van der Waals surface area (Å²) >= 11 is 6.14. The predicted molar refractivity (Wildman–Crippen MR) is 77.8 cm³/mol. The fraction of sp³-hybridized carbons (Fsp3) is 0.600. The lowest BCUT2D eigenvalue weighted by atomic mass is 10.2. The molecular weight excluding hydrogens is 260 g/mol. The van der Waals surface area contributed by atoms with Crippen molar-refractivity contribution in [2.75, 3.05) is 20.2 Å². The molecule has 2 fully saturated rings. The Bertz CT molecular complexity index is 448. The maximum atomic E-state index is 6.14. The second-order valence-electron chi connectivity index (χ2n) is 5.56. The van der Waals surface area contributed by atoms with Crippen molar-refractivity contribution in [1.29, 1.82) is 0 Å². The SMILES string of the molecule is COc1ccc(CNC2CCN(C3CC3)C2)cc1Cl. The molecule has 1 aromatic rings. The molecule has 1 aliphatic carbocycles. The van der Waals surface area contributed by atoms with Gasteiger partial charge in [-0.15, -0.1) is 0 Å². The van der Waals surface area contributed by atoms with Gasteiger partial charge in [0.15, 0.2) is 0 Å². The quantitative estimate of drug-likeness (QED) is 0.897. The zero-order valence-corrected chi connectivity index (χ0v) is 12.1. The van der Waals surface area contributed by atoms with E-state index in [4.69, 9.17) is 16.3 Å². The Morgan fingerprint density at radius 2 is 2.21 bits per heavy atom. The summed E-state index contributed by atoms with van der Waals surface area (Å²) in [4.78, 5) is 2.62. The second-order valence-corrected chi connectivity index (χ2v) is 5.97. The molecule has 1 saturated heterocycles. The van der Waals surface area contributed by atoms with Crippen LogP contribution in [-0.4, -0.2) is 37.2 Å². The van der Waals surface area contributed by atoms with Crippen LogP contribution in [0.4, 0.5) is 0 Å². The molecule has 19 heavy (non-hydrogen) atoms. The fourth-order valence-electron chi connectivity index (χ4n) is 2.81. The van der Waals surface area contributed by atoms with Crippen molar-refractivity contribution in [2.24, 2.45) is 0 Å². The Morgan fingerprint density at radius 3 is 2.89 bits per heavy atom. The number of nitrogens with one attached hydrogen (secondary N) is 1. The Labute approximate surface area is 119 Å². The zero-order chi connectivity index (χ0) is 13.2. The first kappa shape index (κ1) is 13.2. The molecule has 0 bridgehead atoms. The van der Waals surface area contributed by atoms with E-state index >= 15 is 0 Å². The number of likely N-dealkylation sites (tertiary alicyclic amines) is 1. The lowest BCUT2D eigenvalue weighted by Gasteiger charge is -2.16. The Hall–Kier alpha value is -0.770. The number of halogens is 1. The molecule has 3 rings (SSSR count). The maximum absolute atomic E-state index is 6.14. The highest BCUT2D eigenvalue weighted by atomic mass is 35.5. The van der Waals surface area contributed by atoms with Crippen LogP contribution in [0.2, 0.25) is 5.02 Å². The summed E-state index contributed by atoms with van der Waals surface area (Å²) in [7, 11) is 1.64. The van der Waals surface area contributed by atoms with Crippen molar-refractivity contribution in [2.45, 2.75) is 37.9 Å². The lowest BCUT2D eigenvalue weighted by molar-refractivity contribution is 0.317. The van der Waals surface area contributed by atoms with Crippen LogP contribution in [0.1, 0.15) is 24.8 Å². The van der Waals surface area contributed by atoms with Crippen LogP contribution in [-0.2, 0) is 6.54 Å². The molecule has 0 radical (unpaired) electrons. The van der Waals surface area contributed by atoms with E-state index < -0.39 is 0 Å². The molecule has 1 atom stereocenters. The van der Waals surface area contributed by atoms with E-state index in [0.29, 0.717) is 11.1 Å². The van der Waals surface area contributed by atoms with Gasteiger partial charge in [0.1, 0.15) is 5.75 Å². The van der Waals surface area contributed by atoms with Crippen molar-refractivity contribution in [1.82, 2.24) is 10.2 Å². The molecule has 1 aliphatic heterocycles. The second kappa shape index (κ2) is 5.70. The van der Waals surface area contributed by atoms with Crippen molar-refractivity contribution < 1.29 is 4.74 Å². The first-order valence-corrected chi connectivity index (χ1v) is 7.44. The van der Waals surface area contributed by atoms with Gasteiger partial charge in [0.2, 0.25) is 0 Å². The Kier molecular flexibility index (Phi) is 3.96. The zero-order valence-electron chi connectivity index (χ0n) is 11.4. The number of hydrogen-bond acceptors (Lipinski definition) is 3. The lowest BCUT2D eigenvalue weighted by Crippen LogP contribution is -2.32. The minimum absolute atomic E-state index is 0.626. The molecule has 1 saturated carbocycles. The van der Waals surface area contributed by atoms with Gasteiger partial charge in [0, 0.05) is 31.7 Å². The van der Waals surface area contributed by atoms with Crippen LogP contribution in [0.25, 0.3) is 0 Å². The topological polar surface area (TPSA) is 24.5 Å². The smallest absolute Gasteiger partial charge is 0.137 e. The third-order valence-corrected chi connectivity index (χ3v) is 4.39. The van der Waals surface area contributed by atoms with E-state index in [2.05, 4.69) is 16.3 Å². The van der Waals surface area contributed by atoms with Gasteiger partial charge in [-0.05, 0) is 37.0 Å². The van der Waals surface area contributed by atoms with Crippen molar-refractivity contribution >= 4 is 11.6 Å². The largest absolute Gasteiger partial charge is 0.495 e. The van der Waals surface area contributed by atoms with Crippen molar-refractivity contribution in [3.63, 3.8) is 0 Å². The van der Waals surface area contributed by atoms with Crippen LogP contribution < -0.4 is 10.1 Å². The van der Waals surface area contributed by atoms with E-state index in [-0.39, 0.29) is 0 Å². The molecule has 1 heterocycles. The summed E-state index contributed by atoms with van der Waals surface area (Å²) in [6.45, 7) is 3.34. The molecule has 1 N–H and O–H groups in total. The average Bonchev–Trinajstić information content (AvgIpc) is 3.16. The van der Waals surface area contributed by atoms with Gasteiger partial charge in [0.25, 0.3) is 0 Å². The van der Waals surface area contributed by atoms with Crippen LogP contribution >= 0.6 is 11.6 Å². The highest BCUT2D eigenvalue weighted by Gasteiger charge is 2.33. The van der Waals surface area contributed by atoms with Crippen LogP contribution in [0.15, 0.2) is 18.2 Å². The maximum Gasteiger partial charge on any atom is 0.137 e. The molecule has 104 valence electrons. The summed E-state index contributed by atoms with van der Waals surface area (Å²) in [6, 6.07) is 7.51. The Morgan fingerprint density at radius 1 is 1.37 bits per heavy atom. The minimum atomic E-state index is 0.626. The van der Waals surface area contributed by atoms with Gasteiger partial charge in [-0.1, -0.05) is 17.7 Å². The normalized spacial score (nSPS) is 23.8. The summed E-state index contributed by atoms with van der Waals surface area (Å²) in [5.74, 6) is 0.742. The number of ether oxygens (including phenoxy) is 1. The van der Waals surface area contributed by atoms with E-state index in [1.807, 2.05) is 12.1 Å². The number of benzene rings is 1. The fourth-order valence-corrected chi connectivity index (χ4v) is 3.09. The molecular formula is C15H21ClN2O. The molecule has 3 nitrogen and oxygen atoms in total. The first-order chi connectivity index (χ1) is 9.26. The molecule has 0 amide bonds. The summed E-state index contributed by atoms with van der Waals surface area (Å²) in [6.07, 6.45) is 4.07. The van der Waals surface area contributed by atoms with Crippen LogP contribution in [0.3, 0.4) is 0 Å². The van der Waals surface area contributed by atoms with E-state index in [0.717, 1.165) is 18.3 Å². The van der Waals surface area contributed by atoms with Gasteiger partial charge < -0.3 is 10.1 Å². The monoisotopic (exact) mass is 280 g/mol. The van der Waals surface area contributed by atoms with E-state index in [9.17, 15) is 0 Å². The van der Waals surface area contributed by atoms with Crippen molar-refractivity contribution in [3.8, 4) is 5.75 Å². The van der Waals surface area contributed by atoms with Gasteiger partial charge >= 0.3 is 0 Å². The van der Waals surface area contributed by atoms with Gasteiger partial charge in [0.05, 0.1) is 12.1 Å². The summed E-state index contributed by atoms with van der Waals surface area (Å²) in [5.41, 5.74) is 1.22. The van der Waals surface area contributed by atoms with Crippen LogP contribution in [0, 0.1) is 0 Å². The number of methoxy groups -OCH3 is 1. The molecule has 1 aromatic carbocycles. The molecule has 4 heteroatoms. The standard InChI is InChI=1S/C15H21ClN2O/c1-19-15-5-2-11(8-14(15)16)9-17-12-6-7-18(10-12)13-3-4-13/h2,5,8,12-13,17H,3-4,6-7,9-10H2,1H3. The van der Waals surface area contributed by atoms with Gasteiger partial charge in [-0.3, -0.25) is 4.90 Å². The number of nitrogens with zero attached hydrogens (tertiary/aromatic N) is 1. The highest BCUT2D eigenvalue weighted by molar-refractivity contribution is 6.32. The molecule has 1 unspecified atom stereocenters. The van der Waals surface area contributed by atoms with Crippen LogP contribution in [0.5, 0.6) is 5.75 Å². The summed E-state index contributed by atoms with van der Waals surface area (Å²) in [5, 5.41) is 4.32. The number of hydrogen-bond donors (Lipinski definition) is 1. The Balaban J connectivity index is 1.50. The van der Waals surface area contributed by atoms with Gasteiger partial charge in [-0.25, -0.2) is 0 Å². The molecule has 0 spiro atoms. The highest BCUT2D eigenvalue weighted by Crippen LogP contribution is 2.30. The van der Waals surface area contributed by atoms with Gasteiger partial charge in [-0.2, -0.15) is 0 Å². The van der Waals surface area contributed by atoms with E-state index in [1.54, 1.807) is 7.11 Å².